The number of nitrogens with one attached hydrogen (secondary N) is 2. The molecule has 0 fully saturated rings. The van der Waals surface area contributed by atoms with Crippen LogP contribution in [0.4, 0.5) is 0 Å². The van der Waals surface area contributed by atoms with Crippen LogP contribution in [0.1, 0.15) is 20.3 Å². The lowest BCUT2D eigenvalue weighted by atomic mass is 10.5. The minimum Gasteiger partial charge on any atom is -0.357 e. The van der Waals surface area contributed by atoms with Gasteiger partial charge in [0.2, 0.25) is 0 Å². The Hall–Kier alpha value is -0.780. The van der Waals surface area contributed by atoms with Crippen molar-refractivity contribution in [2.45, 2.75) is 20.3 Å². The largest absolute Gasteiger partial charge is 0.357 e. The molecular weight excluding hydrogens is 214 g/mol. The van der Waals surface area contributed by atoms with Crippen molar-refractivity contribution in [1.29, 1.82) is 0 Å². The van der Waals surface area contributed by atoms with Crippen LogP contribution in [-0.4, -0.2) is 46.0 Å². The first-order valence-electron chi connectivity index (χ1n) is 5.19. The van der Waals surface area contributed by atoms with E-state index in [4.69, 9.17) is 0 Å². The molecule has 0 rings (SSSR count). The van der Waals surface area contributed by atoms with E-state index >= 15 is 0 Å². The summed E-state index contributed by atoms with van der Waals surface area (Å²) in [7, 11) is -2.90. The molecule has 0 aromatic heterocycles. The molecule has 2 N–H and O–H groups in total. The van der Waals surface area contributed by atoms with Gasteiger partial charge in [0.1, 0.15) is 9.84 Å². The van der Waals surface area contributed by atoms with Crippen LogP contribution in [0.5, 0.6) is 0 Å². The molecule has 15 heavy (non-hydrogen) atoms. The maximum atomic E-state index is 10.9. The van der Waals surface area contributed by atoms with Gasteiger partial charge < -0.3 is 10.6 Å². The summed E-state index contributed by atoms with van der Waals surface area (Å²) in [5.74, 6) is 0.812. The summed E-state index contributed by atoms with van der Waals surface area (Å²) in [5, 5.41) is 6.02. The first-order chi connectivity index (χ1) is 6.99. The van der Waals surface area contributed by atoms with Crippen molar-refractivity contribution in [2.75, 3.05) is 31.6 Å². The summed E-state index contributed by atoms with van der Waals surface area (Å²) in [6.07, 6.45) is 2.20. The molecule has 0 aliphatic carbocycles. The second kappa shape index (κ2) is 7.50. The molecule has 0 aromatic rings. The number of hydrogen-bond acceptors (Lipinski definition) is 3. The molecule has 0 unspecified atom stereocenters. The predicted octanol–water partition coefficient (Wildman–Crippen LogP) is -0.00390. The summed E-state index contributed by atoms with van der Waals surface area (Å²) in [6, 6.07) is 0. The number of rotatable bonds is 6. The third-order valence-corrected chi connectivity index (χ3v) is 2.55. The van der Waals surface area contributed by atoms with Crippen LogP contribution in [0.3, 0.4) is 0 Å². The lowest BCUT2D eigenvalue weighted by Crippen LogP contribution is -2.39. The molecule has 90 valence electrons. The fourth-order valence-corrected chi connectivity index (χ4v) is 1.39. The van der Waals surface area contributed by atoms with Gasteiger partial charge in [0.15, 0.2) is 5.96 Å². The average Bonchev–Trinajstić information content (AvgIpc) is 2.12. The van der Waals surface area contributed by atoms with Crippen molar-refractivity contribution >= 4 is 15.8 Å². The van der Waals surface area contributed by atoms with Gasteiger partial charge in [-0.2, -0.15) is 0 Å². The first kappa shape index (κ1) is 14.2. The molecule has 0 saturated carbocycles. The first-order valence-corrected chi connectivity index (χ1v) is 7.25. The van der Waals surface area contributed by atoms with Gasteiger partial charge in [-0.05, 0) is 13.3 Å². The van der Waals surface area contributed by atoms with E-state index in [1.165, 1.54) is 6.26 Å². The molecule has 0 amide bonds. The van der Waals surface area contributed by atoms with Crippen molar-refractivity contribution in [3.8, 4) is 0 Å². The molecule has 0 aromatic carbocycles. The lowest BCUT2D eigenvalue weighted by molar-refractivity contribution is 0.600. The van der Waals surface area contributed by atoms with Crippen LogP contribution >= 0.6 is 0 Å². The minimum absolute atomic E-state index is 0.129. The number of aliphatic imine (C=N–C) groups is 1. The highest BCUT2D eigenvalue weighted by atomic mass is 32.2. The van der Waals surface area contributed by atoms with Gasteiger partial charge in [-0.1, -0.05) is 6.92 Å². The highest BCUT2D eigenvalue weighted by Crippen LogP contribution is 1.82. The van der Waals surface area contributed by atoms with Crippen LogP contribution in [0, 0.1) is 0 Å². The molecule has 0 radical (unpaired) electrons. The Bertz CT molecular complexity index is 286. The van der Waals surface area contributed by atoms with Gasteiger partial charge in [-0.25, -0.2) is 8.42 Å². The normalized spacial score (nSPS) is 12.6. The summed E-state index contributed by atoms with van der Waals surface area (Å²) in [6.45, 7) is 5.93. The van der Waals surface area contributed by atoms with Crippen molar-refractivity contribution in [3.63, 3.8) is 0 Å². The Morgan fingerprint density at radius 2 is 1.93 bits per heavy atom. The Morgan fingerprint density at radius 3 is 2.40 bits per heavy atom. The summed E-state index contributed by atoms with van der Waals surface area (Å²) in [5.41, 5.74) is 0. The molecule has 0 spiro atoms. The summed E-state index contributed by atoms with van der Waals surface area (Å²) >= 11 is 0. The second-order valence-corrected chi connectivity index (χ2v) is 5.58. The monoisotopic (exact) mass is 235 g/mol. The standard InChI is InChI=1S/C9H21N3O2S/c1-4-6-11-9(10-5-2)12-7-8-15(3,13)14/h4-8H2,1-3H3,(H2,10,11,12). The third kappa shape index (κ3) is 9.52. The summed E-state index contributed by atoms with van der Waals surface area (Å²) < 4.78 is 21.8. The molecule has 0 bridgehead atoms. The average molecular weight is 235 g/mol. The van der Waals surface area contributed by atoms with Gasteiger partial charge in [0.25, 0.3) is 0 Å². The third-order valence-electron chi connectivity index (χ3n) is 1.60. The second-order valence-electron chi connectivity index (χ2n) is 3.32. The fraction of sp³-hybridized carbons (Fsp3) is 0.889. The number of guanidine groups is 1. The number of sulfone groups is 1. The fourth-order valence-electron chi connectivity index (χ4n) is 0.920. The van der Waals surface area contributed by atoms with E-state index in [-0.39, 0.29) is 5.75 Å². The van der Waals surface area contributed by atoms with Crippen molar-refractivity contribution in [1.82, 2.24) is 10.6 Å². The highest BCUT2D eigenvalue weighted by molar-refractivity contribution is 7.90. The van der Waals surface area contributed by atoms with E-state index < -0.39 is 9.84 Å². The number of nitrogens with zero attached hydrogens (tertiary/aromatic N) is 1. The SMILES string of the molecule is CCCN=C(NCC)NCCS(C)(=O)=O. The Balaban J connectivity index is 3.96. The minimum atomic E-state index is -2.90. The van der Waals surface area contributed by atoms with E-state index in [0.717, 1.165) is 19.5 Å². The predicted molar refractivity (Wildman–Crippen MR) is 64.0 cm³/mol. The molecular formula is C9H21N3O2S. The van der Waals surface area contributed by atoms with Gasteiger partial charge >= 0.3 is 0 Å². The van der Waals surface area contributed by atoms with E-state index in [9.17, 15) is 8.42 Å². The molecule has 0 heterocycles. The zero-order valence-corrected chi connectivity index (χ0v) is 10.5. The van der Waals surface area contributed by atoms with Crippen LogP contribution in [-0.2, 0) is 9.84 Å². The molecule has 5 nitrogen and oxygen atoms in total. The molecule has 0 aliphatic rings. The Kier molecular flexibility index (Phi) is 7.11. The zero-order chi connectivity index (χ0) is 11.7. The quantitative estimate of drug-likeness (QED) is 0.502. The molecule has 0 atom stereocenters. The van der Waals surface area contributed by atoms with E-state index in [1.54, 1.807) is 0 Å². The highest BCUT2D eigenvalue weighted by Gasteiger charge is 2.02. The Morgan fingerprint density at radius 1 is 1.27 bits per heavy atom. The van der Waals surface area contributed by atoms with Crippen LogP contribution in [0.25, 0.3) is 0 Å². The molecule has 6 heteroatoms. The van der Waals surface area contributed by atoms with Gasteiger partial charge in [-0.3, -0.25) is 4.99 Å². The van der Waals surface area contributed by atoms with Crippen LogP contribution in [0.2, 0.25) is 0 Å². The maximum absolute atomic E-state index is 10.9. The zero-order valence-electron chi connectivity index (χ0n) is 9.71. The topological polar surface area (TPSA) is 70.6 Å². The lowest BCUT2D eigenvalue weighted by Gasteiger charge is -2.10. The maximum Gasteiger partial charge on any atom is 0.191 e. The van der Waals surface area contributed by atoms with Gasteiger partial charge in [0, 0.05) is 25.9 Å². The summed E-state index contributed by atoms with van der Waals surface area (Å²) in [4.78, 5) is 4.25. The molecule has 0 saturated heterocycles. The van der Waals surface area contributed by atoms with Crippen LogP contribution < -0.4 is 10.6 Å². The van der Waals surface area contributed by atoms with E-state index in [2.05, 4.69) is 15.6 Å². The van der Waals surface area contributed by atoms with Crippen molar-refractivity contribution < 1.29 is 8.42 Å². The number of hydrogen-bond donors (Lipinski definition) is 2. The Labute approximate surface area is 92.3 Å². The van der Waals surface area contributed by atoms with E-state index in [0.29, 0.717) is 12.5 Å². The smallest absolute Gasteiger partial charge is 0.191 e. The van der Waals surface area contributed by atoms with E-state index in [1.807, 2.05) is 13.8 Å². The molecule has 0 aliphatic heterocycles. The van der Waals surface area contributed by atoms with Crippen molar-refractivity contribution in [2.24, 2.45) is 4.99 Å². The van der Waals surface area contributed by atoms with Crippen LogP contribution in [0.15, 0.2) is 4.99 Å². The van der Waals surface area contributed by atoms with Gasteiger partial charge in [-0.15, -0.1) is 0 Å². The van der Waals surface area contributed by atoms with Gasteiger partial charge in [0.05, 0.1) is 5.75 Å². The van der Waals surface area contributed by atoms with Crippen molar-refractivity contribution in [3.05, 3.63) is 0 Å².